The first-order valence-electron chi connectivity index (χ1n) is 15.1. The number of hydrogen-bond acceptors (Lipinski definition) is 8. The molecule has 2 N–H and O–H groups in total. The highest BCUT2D eigenvalue weighted by molar-refractivity contribution is 7.89. The molecule has 11 nitrogen and oxygen atoms in total. The highest BCUT2D eigenvalue weighted by atomic mass is 32.2. The highest BCUT2D eigenvalue weighted by Crippen LogP contribution is 2.36. The summed E-state index contributed by atoms with van der Waals surface area (Å²) in [6.07, 6.45) is 2.47. The molecule has 0 bridgehead atoms. The summed E-state index contributed by atoms with van der Waals surface area (Å²) in [5.74, 6) is -0.327. The molecule has 44 heavy (non-hydrogen) atoms. The number of sulfonamides is 1. The maximum absolute atomic E-state index is 13.8. The Balaban J connectivity index is 1.54. The van der Waals surface area contributed by atoms with Crippen LogP contribution in [0.4, 0.5) is 0 Å². The lowest BCUT2D eigenvalue weighted by Gasteiger charge is -2.25. The summed E-state index contributed by atoms with van der Waals surface area (Å²) in [4.78, 5) is 17.4. The average molecular weight is 621 g/mol. The predicted octanol–water partition coefficient (Wildman–Crippen LogP) is 3.85. The first-order chi connectivity index (χ1) is 21.2. The van der Waals surface area contributed by atoms with E-state index in [0.717, 1.165) is 38.9 Å². The van der Waals surface area contributed by atoms with Crippen molar-refractivity contribution in [3.63, 3.8) is 0 Å². The Kier molecular flexibility index (Phi) is 9.62. The van der Waals surface area contributed by atoms with Gasteiger partial charge in [-0.25, -0.2) is 18.1 Å². The second-order valence-electron chi connectivity index (χ2n) is 11.2. The summed E-state index contributed by atoms with van der Waals surface area (Å²) in [7, 11) is -3.88. The molecule has 0 saturated carbocycles. The van der Waals surface area contributed by atoms with E-state index in [1.54, 1.807) is 6.07 Å². The average Bonchev–Trinajstić information content (AvgIpc) is 3.40. The van der Waals surface area contributed by atoms with Gasteiger partial charge in [0.15, 0.2) is 0 Å². The SMILES string of the molecule is CC[C@@H]1CN(Cc2cc(C(CC(=O)NCCCO)c3ccc4c(nnn4CC)c3C)ccc2C)S(=O)(=O)c2cccnc2O1. The fraction of sp³-hybridized carbons (Fsp3) is 0.438. The Morgan fingerprint density at radius 3 is 2.75 bits per heavy atom. The molecule has 4 aromatic rings. The molecule has 2 aromatic carbocycles. The van der Waals surface area contributed by atoms with E-state index in [1.165, 1.54) is 16.6 Å². The fourth-order valence-corrected chi connectivity index (χ4v) is 7.24. The summed E-state index contributed by atoms with van der Waals surface area (Å²) in [5, 5.41) is 20.8. The number of aromatic nitrogens is 4. The number of fused-ring (bicyclic) bond motifs is 2. The van der Waals surface area contributed by atoms with Crippen molar-refractivity contribution in [1.82, 2.24) is 29.6 Å². The molecule has 3 heterocycles. The summed E-state index contributed by atoms with van der Waals surface area (Å²) in [6.45, 7) is 9.35. The summed E-state index contributed by atoms with van der Waals surface area (Å²) < 4.78 is 37.0. The molecular weight excluding hydrogens is 580 g/mol. The van der Waals surface area contributed by atoms with Crippen LogP contribution in [0, 0.1) is 13.8 Å². The molecule has 0 saturated heterocycles. The van der Waals surface area contributed by atoms with Crippen molar-refractivity contribution in [3.8, 4) is 5.88 Å². The molecule has 1 aliphatic heterocycles. The van der Waals surface area contributed by atoms with Crippen LogP contribution in [-0.2, 0) is 27.9 Å². The van der Waals surface area contributed by atoms with Crippen molar-refractivity contribution in [1.29, 1.82) is 0 Å². The zero-order valence-corrected chi connectivity index (χ0v) is 26.5. The van der Waals surface area contributed by atoms with Crippen LogP contribution in [0.2, 0.25) is 0 Å². The van der Waals surface area contributed by atoms with Gasteiger partial charge >= 0.3 is 0 Å². The van der Waals surface area contributed by atoms with Crippen molar-refractivity contribution in [2.24, 2.45) is 0 Å². The molecule has 5 rings (SSSR count). The Hall–Kier alpha value is -3.87. The number of aliphatic hydroxyl groups is 1. The minimum absolute atomic E-state index is 0.00222. The van der Waals surface area contributed by atoms with Crippen molar-refractivity contribution < 1.29 is 23.1 Å². The van der Waals surface area contributed by atoms with E-state index in [4.69, 9.17) is 4.74 Å². The van der Waals surface area contributed by atoms with Crippen LogP contribution in [-0.4, -0.2) is 69.5 Å². The van der Waals surface area contributed by atoms with Crippen LogP contribution in [0.5, 0.6) is 5.88 Å². The number of nitrogens with zero attached hydrogens (tertiary/aromatic N) is 5. The zero-order valence-electron chi connectivity index (χ0n) is 25.7. The van der Waals surface area contributed by atoms with Crippen molar-refractivity contribution >= 4 is 27.0 Å². The van der Waals surface area contributed by atoms with Crippen LogP contribution in [0.15, 0.2) is 53.6 Å². The normalized spacial score (nSPS) is 17.1. The Labute approximate surface area is 258 Å². The van der Waals surface area contributed by atoms with Gasteiger partial charge in [0.2, 0.25) is 21.8 Å². The van der Waals surface area contributed by atoms with Gasteiger partial charge in [0, 0.05) is 44.8 Å². The van der Waals surface area contributed by atoms with Crippen LogP contribution < -0.4 is 10.1 Å². The van der Waals surface area contributed by atoms with Crippen LogP contribution >= 0.6 is 0 Å². The first-order valence-corrected chi connectivity index (χ1v) is 16.5. The van der Waals surface area contributed by atoms with Gasteiger partial charge in [-0.05, 0) is 79.6 Å². The Morgan fingerprint density at radius 1 is 1.18 bits per heavy atom. The minimum Gasteiger partial charge on any atom is -0.472 e. The van der Waals surface area contributed by atoms with Crippen molar-refractivity contribution in [2.75, 3.05) is 19.7 Å². The smallest absolute Gasteiger partial charge is 0.248 e. The number of carbonyl (C=O) groups is 1. The molecule has 0 radical (unpaired) electrons. The largest absolute Gasteiger partial charge is 0.472 e. The van der Waals surface area contributed by atoms with E-state index in [9.17, 15) is 18.3 Å². The van der Waals surface area contributed by atoms with E-state index < -0.39 is 10.0 Å². The number of ether oxygens (including phenoxy) is 1. The Bertz CT molecular complexity index is 1760. The third kappa shape index (κ3) is 6.33. The van der Waals surface area contributed by atoms with Gasteiger partial charge in [-0.15, -0.1) is 5.10 Å². The van der Waals surface area contributed by atoms with E-state index in [-0.39, 0.29) is 54.8 Å². The molecule has 2 atom stereocenters. The number of hydrogen-bond donors (Lipinski definition) is 2. The number of pyridine rings is 1. The monoisotopic (exact) mass is 620 g/mol. The number of aliphatic hydroxyl groups excluding tert-OH is 1. The summed E-state index contributed by atoms with van der Waals surface area (Å²) in [6, 6.07) is 13.2. The second-order valence-corrected chi connectivity index (χ2v) is 13.1. The predicted molar refractivity (Wildman–Crippen MR) is 167 cm³/mol. The maximum atomic E-state index is 13.8. The first kappa shape index (κ1) is 31.6. The van der Waals surface area contributed by atoms with Crippen LogP contribution in [0.25, 0.3) is 11.0 Å². The van der Waals surface area contributed by atoms with E-state index in [0.29, 0.717) is 25.9 Å². The van der Waals surface area contributed by atoms with Gasteiger partial charge in [0.05, 0.1) is 12.1 Å². The Morgan fingerprint density at radius 2 is 2.00 bits per heavy atom. The molecule has 1 aliphatic rings. The molecule has 0 spiro atoms. The lowest BCUT2D eigenvalue weighted by molar-refractivity contribution is -0.121. The molecule has 12 heteroatoms. The number of carbonyl (C=O) groups excluding carboxylic acids is 1. The molecule has 2 aromatic heterocycles. The third-order valence-electron chi connectivity index (χ3n) is 8.32. The van der Waals surface area contributed by atoms with Crippen molar-refractivity contribution in [3.05, 3.63) is 76.5 Å². The van der Waals surface area contributed by atoms with E-state index in [2.05, 4.69) is 20.6 Å². The zero-order chi connectivity index (χ0) is 31.4. The van der Waals surface area contributed by atoms with Gasteiger partial charge in [-0.3, -0.25) is 4.79 Å². The topological polar surface area (TPSA) is 140 Å². The molecule has 0 fully saturated rings. The van der Waals surface area contributed by atoms with Gasteiger partial charge in [0.25, 0.3) is 0 Å². The lowest BCUT2D eigenvalue weighted by atomic mass is 9.84. The molecular formula is C32H40N6O5S. The quantitative estimate of drug-likeness (QED) is 0.241. The minimum atomic E-state index is -3.88. The lowest BCUT2D eigenvalue weighted by Crippen LogP contribution is -2.36. The van der Waals surface area contributed by atoms with Gasteiger partial charge in [0.1, 0.15) is 16.5 Å². The number of aryl methyl sites for hydroxylation is 3. The van der Waals surface area contributed by atoms with Gasteiger partial charge < -0.3 is 15.2 Å². The molecule has 234 valence electrons. The van der Waals surface area contributed by atoms with E-state index in [1.807, 2.05) is 62.7 Å². The number of rotatable bonds is 11. The van der Waals surface area contributed by atoms with Crippen LogP contribution in [0.1, 0.15) is 66.8 Å². The second kappa shape index (κ2) is 13.4. The number of amides is 1. The van der Waals surface area contributed by atoms with Crippen LogP contribution in [0.3, 0.4) is 0 Å². The third-order valence-corrected chi connectivity index (χ3v) is 10.1. The van der Waals surface area contributed by atoms with Gasteiger partial charge in [-0.1, -0.05) is 36.4 Å². The fourth-order valence-electron chi connectivity index (χ4n) is 5.72. The molecule has 1 amide bonds. The number of benzene rings is 2. The van der Waals surface area contributed by atoms with Crippen molar-refractivity contribution in [2.45, 2.75) is 77.0 Å². The molecule has 1 unspecified atom stereocenters. The van der Waals surface area contributed by atoms with E-state index >= 15 is 0 Å². The standard InChI is InChI=1S/C32H40N6O5S/c1-5-25-20-37(44(41,42)29-9-7-14-34-32(29)43-25)19-24-17-23(11-10-21(24)3)27(18-30(40)33-15-8-16-39)26-12-13-28-31(22(26)4)35-36-38(28)6-2/h7,9-14,17,25,27,39H,5-6,8,15-16,18-20H2,1-4H3,(H,33,40)/t25-,27?/m1/s1. The summed E-state index contributed by atoms with van der Waals surface area (Å²) >= 11 is 0. The highest BCUT2D eigenvalue weighted by Gasteiger charge is 2.35. The number of nitrogens with one attached hydrogen (secondary N) is 1. The summed E-state index contributed by atoms with van der Waals surface area (Å²) in [5.41, 5.74) is 6.29. The molecule has 0 aliphatic carbocycles. The van der Waals surface area contributed by atoms with Gasteiger partial charge in [-0.2, -0.15) is 4.31 Å². The maximum Gasteiger partial charge on any atom is 0.248 e.